The van der Waals surface area contributed by atoms with Crippen LogP contribution in [-0.2, 0) is 14.3 Å². The second kappa shape index (κ2) is 5.06. The summed E-state index contributed by atoms with van der Waals surface area (Å²) < 4.78 is 27.0. The summed E-state index contributed by atoms with van der Waals surface area (Å²) in [5.41, 5.74) is 1.19. The lowest BCUT2D eigenvalue weighted by Crippen LogP contribution is -2.37. The number of hydrogen-bond acceptors (Lipinski definition) is 4. The van der Waals surface area contributed by atoms with Crippen molar-refractivity contribution in [3.63, 3.8) is 0 Å². The maximum atomic E-state index is 11.0. The molecule has 1 heterocycles. The highest BCUT2D eigenvalue weighted by Gasteiger charge is 2.22. The fourth-order valence-corrected chi connectivity index (χ4v) is 2.78. The second-order valence-electron chi connectivity index (χ2n) is 4.32. The Morgan fingerprint density at radius 3 is 2.29 bits per heavy atom. The maximum absolute atomic E-state index is 11.0. The first-order valence-electron chi connectivity index (χ1n) is 5.73. The van der Waals surface area contributed by atoms with Crippen LogP contribution in [0.15, 0.2) is 30.3 Å². The topological polar surface area (TPSA) is 46.6 Å². The van der Waals surface area contributed by atoms with Crippen LogP contribution in [0.2, 0.25) is 0 Å². The summed E-state index contributed by atoms with van der Waals surface area (Å²) in [6, 6.07) is 10.1. The van der Waals surface area contributed by atoms with Gasteiger partial charge < -0.3 is 4.90 Å². The molecule has 0 amide bonds. The standard InChI is InChI=1S/C12H17NO3S/c1-17(14,15)16-12-7-9-13(10-8-12)11-5-3-2-4-6-11/h2-6,12H,7-10H2,1H3. The summed E-state index contributed by atoms with van der Waals surface area (Å²) in [6.45, 7) is 1.68. The molecule has 0 aliphatic carbocycles. The lowest BCUT2D eigenvalue weighted by Gasteiger charge is -2.32. The third-order valence-corrected chi connectivity index (χ3v) is 3.50. The normalized spacial score (nSPS) is 18.3. The molecular formula is C12H17NO3S. The van der Waals surface area contributed by atoms with Gasteiger partial charge >= 0.3 is 0 Å². The van der Waals surface area contributed by atoms with Gasteiger partial charge in [-0.1, -0.05) is 18.2 Å². The van der Waals surface area contributed by atoms with E-state index in [1.807, 2.05) is 18.2 Å². The highest BCUT2D eigenvalue weighted by molar-refractivity contribution is 7.86. The van der Waals surface area contributed by atoms with E-state index in [0.717, 1.165) is 32.2 Å². The average molecular weight is 255 g/mol. The van der Waals surface area contributed by atoms with Crippen LogP contribution in [0.25, 0.3) is 0 Å². The Bertz CT molecular complexity index is 450. The maximum Gasteiger partial charge on any atom is 0.264 e. The van der Waals surface area contributed by atoms with Gasteiger partial charge in [0.15, 0.2) is 0 Å². The van der Waals surface area contributed by atoms with Gasteiger partial charge in [0.2, 0.25) is 0 Å². The molecule has 17 heavy (non-hydrogen) atoms. The number of hydrogen-bond donors (Lipinski definition) is 0. The Hall–Kier alpha value is -1.07. The predicted molar refractivity (Wildman–Crippen MR) is 67.6 cm³/mol. The third-order valence-electron chi connectivity index (χ3n) is 2.87. The summed E-state index contributed by atoms with van der Waals surface area (Å²) in [4.78, 5) is 2.25. The lowest BCUT2D eigenvalue weighted by atomic mass is 10.1. The van der Waals surface area contributed by atoms with Crippen molar-refractivity contribution in [3.8, 4) is 0 Å². The molecule has 4 nitrogen and oxygen atoms in total. The van der Waals surface area contributed by atoms with E-state index in [1.165, 1.54) is 5.69 Å². The zero-order valence-electron chi connectivity index (χ0n) is 9.87. The Morgan fingerprint density at radius 2 is 1.76 bits per heavy atom. The van der Waals surface area contributed by atoms with Crippen molar-refractivity contribution in [1.82, 2.24) is 0 Å². The van der Waals surface area contributed by atoms with E-state index < -0.39 is 10.1 Å². The Morgan fingerprint density at radius 1 is 1.18 bits per heavy atom. The first-order chi connectivity index (χ1) is 8.04. The molecule has 0 radical (unpaired) electrons. The average Bonchev–Trinajstić information content (AvgIpc) is 2.29. The molecule has 1 aromatic carbocycles. The Balaban J connectivity index is 1.91. The molecule has 1 aromatic rings. The van der Waals surface area contributed by atoms with Crippen LogP contribution in [-0.4, -0.2) is 33.9 Å². The summed E-state index contributed by atoms with van der Waals surface area (Å²) >= 11 is 0. The minimum Gasteiger partial charge on any atom is -0.371 e. The molecule has 5 heteroatoms. The van der Waals surface area contributed by atoms with Crippen LogP contribution in [0.5, 0.6) is 0 Å². The number of benzene rings is 1. The van der Waals surface area contributed by atoms with Gasteiger partial charge in [0, 0.05) is 18.8 Å². The van der Waals surface area contributed by atoms with Crippen molar-refractivity contribution in [2.24, 2.45) is 0 Å². The third kappa shape index (κ3) is 3.71. The highest BCUT2D eigenvalue weighted by atomic mass is 32.2. The van der Waals surface area contributed by atoms with Gasteiger partial charge in [-0.05, 0) is 25.0 Å². The molecule has 1 aliphatic heterocycles. The number of piperidine rings is 1. The summed E-state index contributed by atoms with van der Waals surface area (Å²) in [7, 11) is -3.32. The fourth-order valence-electron chi connectivity index (χ4n) is 2.10. The van der Waals surface area contributed by atoms with Gasteiger partial charge in [-0.2, -0.15) is 8.42 Å². The Labute approximate surface area is 102 Å². The fraction of sp³-hybridized carbons (Fsp3) is 0.500. The van der Waals surface area contributed by atoms with Crippen LogP contribution in [0, 0.1) is 0 Å². The Kier molecular flexibility index (Phi) is 3.69. The van der Waals surface area contributed by atoms with Crippen LogP contribution >= 0.6 is 0 Å². The van der Waals surface area contributed by atoms with Crippen LogP contribution in [0.4, 0.5) is 5.69 Å². The van der Waals surface area contributed by atoms with E-state index in [-0.39, 0.29) is 6.10 Å². The molecule has 0 unspecified atom stereocenters. The molecule has 1 fully saturated rings. The van der Waals surface area contributed by atoms with Gasteiger partial charge in [-0.3, -0.25) is 4.18 Å². The van der Waals surface area contributed by atoms with Crippen LogP contribution < -0.4 is 4.90 Å². The minimum absolute atomic E-state index is 0.162. The molecule has 0 bridgehead atoms. The molecule has 94 valence electrons. The SMILES string of the molecule is CS(=O)(=O)OC1CCN(c2ccccc2)CC1. The van der Waals surface area contributed by atoms with Gasteiger partial charge in [-0.25, -0.2) is 0 Å². The monoisotopic (exact) mass is 255 g/mol. The highest BCUT2D eigenvalue weighted by Crippen LogP contribution is 2.21. The molecule has 0 N–H and O–H groups in total. The zero-order chi connectivity index (χ0) is 12.3. The zero-order valence-corrected chi connectivity index (χ0v) is 10.7. The van der Waals surface area contributed by atoms with E-state index in [4.69, 9.17) is 4.18 Å². The van der Waals surface area contributed by atoms with Gasteiger partial charge in [-0.15, -0.1) is 0 Å². The molecule has 0 atom stereocenters. The van der Waals surface area contributed by atoms with Crippen molar-refractivity contribution >= 4 is 15.8 Å². The summed E-state index contributed by atoms with van der Waals surface area (Å²) in [6.07, 6.45) is 2.45. The van der Waals surface area contributed by atoms with Gasteiger partial charge in [0.25, 0.3) is 10.1 Å². The molecule has 0 aromatic heterocycles. The van der Waals surface area contributed by atoms with E-state index in [0.29, 0.717) is 0 Å². The van der Waals surface area contributed by atoms with Crippen molar-refractivity contribution in [2.45, 2.75) is 18.9 Å². The molecule has 2 rings (SSSR count). The van der Waals surface area contributed by atoms with Crippen molar-refractivity contribution in [3.05, 3.63) is 30.3 Å². The molecule has 1 aliphatic rings. The first kappa shape index (κ1) is 12.4. The molecule has 1 saturated heterocycles. The molecule has 0 spiro atoms. The van der Waals surface area contributed by atoms with Crippen molar-refractivity contribution in [2.75, 3.05) is 24.2 Å². The smallest absolute Gasteiger partial charge is 0.264 e. The summed E-state index contributed by atoms with van der Waals surface area (Å²) in [5.74, 6) is 0. The quantitative estimate of drug-likeness (QED) is 0.770. The molecular weight excluding hydrogens is 238 g/mol. The number of nitrogens with zero attached hydrogens (tertiary/aromatic N) is 1. The van der Waals surface area contributed by atoms with Crippen molar-refractivity contribution < 1.29 is 12.6 Å². The lowest BCUT2D eigenvalue weighted by molar-refractivity contribution is 0.180. The predicted octanol–water partition coefficient (Wildman–Crippen LogP) is 1.63. The van der Waals surface area contributed by atoms with Gasteiger partial charge in [0.1, 0.15) is 0 Å². The second-order valence-corrected chi connectivity index (χ2v) is 5.92. The first-order valence-corrected chi connectivity index (χ1v) is 7.54. The van der Waals surface area contributed by atoms with Crippen molar-refractivity contribution in [1.29, 1.82) is 0 Å². The van der Waals surface area contributed by atoms with Crippen LogP contribution in [0.1, 0.15) is 12.8 Å². The number of para-hydroxylation sites is 1. The number of rotatable bonds is 3. The summed E-state index contributed by atoms with van der Waals surface area (Å²) in [5, 5.41) is 0. The van der Waals surface area contributed by atoms with Gasteiger partial charge in [0.05, 0.1) is 12.4 Å². The van der Waals surface area contributed by atoms with E-state index in [9.17, 15) is 8.42 Å². The number of anilines is 1. The van der Waals surface area contributed by atoms with E-state index in [2.05, 4.69) is 17.0 Å². The minimum atomic E-state index is -3.32. The largest absolute Gasteiger partial charge is 0.371 e. The molecule has 0 saturated carbocycles. The van der Waals surface area contributed by atoms with Crippen LogP contribution in [0.3, 0.4) is 0 Å². The van der Waals surface area contributed by atoms with E-state index in [1.54, 1.807) is 0 Å². The van der Waals surface area contributed by atoms with E-state index >= 15 is 0 Å².